The summed E-state index contributed by atoms with van der Waals surface area (Å²) in [5, 5.41) is 3.24. The van der Waals surface area contributed by atoms with E-state index in [-0.39, 0.29) is 0 Å². The lowest BCUT2D eigenvalue weighted by molar-refractivity contribution is 0.415. The molecule has 0 saturated carbocycles. The lowest BCUT2D eigenvalue weighted by Crippen LogP contribution is -2.20. The summed E-state index contributed by atoms with van der Waals surface area (Å²) in [6.07, 6.45) is 0. The third-order valence-corrected chi connectivity index (χ3v) is 3.91. The van der Waals surface area contributed by atoms with E-state index in [2.05, 4.69) is 5.32 Å². The van der Waals surface area contributed by atoms with E-state index in [1.54, 1.807) is 7.11 Å². The summed E-state index contributed by atoms with van der Waals surface area (Å²) in [6.45, 7) is 2.72. The van der Waals surface area contributed by atoms with Crippen LogP contribution in [0.5, 0.6) is 5.75 Å². The van der Waals surface area contributed by atoms with Crippen molar-refractivity contribution < 1.29 is 8.95 Å². The molecular weight excluding hydrogens is 198 g/mol. The average Bonchev–Trinajstić information content (AvgIpc) is 2.18. The van der Waals surface area contributed by atoms with Crippen molar-refractivity contribution in [2.75, 3.05) is 24.7 Å². The predicted octanol–water partition coefficient (Wildman–Crippen LogP) is 1.54. The fourth-order valence-electron chi connectivity index (χ4n) is 1.67. The number of rotatable bonds is 1. The number of methoxy groups -OCH3 is 1. The minimum absolute atomic E-state index is 0.682. The van der Waals surface area contributed by atoms with Gasteiger partial charge in [0, 0.05) is 12.3 Å². The van der Waals surface area contributed by atoms with Crippen molar-refractivity contribution in [2.45, 2.75) is 11.8 Å². The molecule has 1 atom stereocenters. The zero-order valence-electron chi connectivity index (χ0n) is 8.29. The second kappa shape index (κ2) is 3.61. The first-order chi connectivity index (χ1) is 6.74. The van der Waals surface area contributed by atoms with E-state index in [0.717, 1.165) is 28.4 Å². The minimum Gasteiger partial charge on any atom is -0.495 e. The van der Waals surface area contributed by atoms with Crippen LogP contribution >= 0.6 is 0 Å². The standard InChI is InChI=1S/C10H13NO2S/c1-7-3-4-8(13-2)9-10(7)14(12)6-5-11-9/h3-4,11H,5-6H2,1-2H3. The Bertz CT molecular complexity index is 390. The molecule has 1 N–H and O–H groups in total. The first kappa shape index (κ1) is 9.52. The molecule has 1 aromatic carbocycles. The highest BCUT2D eigenvalue weighted by Crippen LogP contribution is 2.35. The van der Waals surface area contributed by atoms with Crippen LogP contribution in [0.2, 0.25) is 0 Å². The molecule has 0 saturated heterocycles. The smallest absolute Gasteiger partial charge is 0.143 e. The average molecular weight is 211 g/mol. The summed E-state index contributed by atoms with van der Waals surface area (Å²) in [5.41, 5.74) is 1.96. The van der Waals surface area contributed by atoms with Crippen molar-refractivity contribution in [1.82, 2.24) is 0 Å². The Morgan fingerprint density at radius 3 is 3.00 bits per heavy atom. The number of fused-ring (bicyclic) bond motifs is 1. The van der Waals surface area contributed by atoms with E-state index in [1.165, 1.54) is 0 Å². The molecule has 0 radical (unpaired) electrons. The van der Waals surface area contributed by atoms with E-state index in [4.69, 9.17) is 4.74 Å². The zero-order valence-corrected chi connectivity index (χ0v) is 9.11. The van der Waals surface area contributed by atoms with Gasteiger partial charge in [-0.2, -0.15) is 0 Å². The summed E-state index contributed by atoms with van der Waals surface area (Å²) in [4.78, 5) is 0.899. The molecule has 14 heavy (non-hydrogen) atoms. The second-order valence-corrected chi connectivity index (χ2v) is 4.77. The largest absolute Gasteiger partial charge is 0.495 e. The van der Waals surface area contributed by atoms with Gasteiger partial charge < -0.3 is 10.1 Å². The van der Waals surface area contributed by atoms with Crippen molar-refractivity contribution in [3.8, 4) is 5.75 Å². The maximum atomic E-state index is 11.8. The van der Waals surface area contributed by atoms with Crippen LogP contribution in [0.1, 0.15) is 5.56 Å². The van der Waals surface area contributed by atoms with E-state index in [9.17, 15) is 4.21 Å². The lowest BCUT2D eigenvalue weighted by atomic mass is 10.2. The number of nitrogens with one attached hydrogen (secondary N) is 1. The van der Waals surface area contributed by atoms with Crippen LogP contribution in [0.25, 0.3) is 0 Å². The normalized spacial score (nSPS) is 19.7. The van der Waals surface area contributed by atoms with Crippen LogP contribution in [0.4, 0.5) is 5.69 Å². The van der Waals surface area contributed by atoms with Gasteiger partial charge in [0.15, 0.2) is 0 Å². The van der Waals surface area contributed by atoms with Crippen molar-refractivity contribution in [3.05, 3.63) is 17.7 Å². The Hall–Kier alpha value is -1.03. The van der Waals surface area contributed by atoms with Gasteiger partial charge in [-0.1, -0.05) is 6.07 Å². The Balaban J connectivity index is 2.63. The van der Waals surface area contributed by atoms with Gasteiger partial charge in [-0.15, -0.1) is 0 Å². The second-order valence-electron chi connectivity index (χ2n) is 3.27. The highest BCUT2D eigenvalue weighted by Gasteiger charge is 2.20. The fraction of sp³-hybridized carbons (Fsp3) is 0.400. The maximum Gasteiger partial charge on any atom is 0.143 e. The van der Waals surface area contributed by atoms with Crippen LogP contribution in [0.15, 0.2) is 17.0 Å². The number of hydrogen-bond acceptors (Lipinski definition) is 3. The van der Waals surface area contributed by atoms with Gasteiger partial charge in [-0.25, -0.2) is 0 Å². The number of benzene rings is 1. The van der Waals surface area contributed by atoms with Gasteiger partial charge in [0.2, 0.25) is 0 Å². The molecule has 0 aromatic heterocycles. The summed E-state index contributed by atoms with van der Waals surface area (Å²) in [7, 11) is 0.748. The number of hydrogen-bond donors (Lipinski definition) is 1. The van der Waals surface area contributed by atoms with Crippen molar-refractivity contribution in [2.24, 2.45) is 0 Å². The first-order valence-corrected chi connectivity index (χ1v) is 5.86. The molecule has 2 rings (SSSR count). The molecule has 0 amide bonds. The van der Waals surface area contributed by atoms with Gasteiger partial charge in [0.1, 0.15) is 5.75 Å². The Labute approximate surface area is 85.9 Å². The quantitative estimate of drug-likeness (QED) is 0.765. The topological polar surface area (TPSA) is 38.3 Å². The first-order valence-electron chi connectivity index (χ1n) is 4.54. The molecule has 1 unspecified atom stereocenters. The lowest BCUT2D eigenvalue weighted by Gasteiger charge is -2.21. The minimum atomic E-state index is -0.881. The predicted molar refractivity (Wildman–Crippen MR) is 57.5 cm³/mol. The molecule has 4 heteroatoms. The molecule has 1 aromatic rings. The van der Waals surface area contributed by atoms with Gasteiger partial charge in [-0.3, -0.25) is 4.21 Å². The van der Waals surface area contributed by atoms with Gasteiger partial charge >= 0.3 is 0 Å². The summed E-state index contributed by atoms with van der Waals surface area (Å²) in [5.74, 6) is 1.46. The maximum absolute atomic E-state index is 11.8. The summed E-state index contributed by atoms with van der Waals surface area (Å²) in [6, 6.07) is 3.85. The van der Waals surface area contributed by atoms with E-state index >= 15 is 0 Å². The molecule has 0 aliphatic carbocycles. The van der Waals surface area contributed by atoms with Crippen molar-refractivity contribution >= 4 is 16.5 Å². The van der Waals surface area contributed by atoms with E-state index in [1.807, 2.05) is 19.1 Å². The van der Waals surface area contributed by atoms with Crippen molar-refractivity contribution in [3.63, 3.8) is 0 Å². The highest BCUT2D eigenvalue weighted by atomic mass is 32.2. The molecule has 3 nitrogen and oxygen atoms in total. The molecule has 1 aliphatic rings. The van der Waals surface area contributed by atoms with Crippen LogP contribution in [-0.4, -0.2) is 23.6 Å². The van der Waals surface area contributed by atoms with Gasteiger partial charge in [-0.05, 0) is 18.6 Å². The Kier molecular flexibility index (Phi) is 2.46. The van der Waals surface area contributed by atoms with Gasteiger partial charge in [0.05, 0.1) is 28.5 Å². The van der Waals surface area contributed by atoms with Crippen LogP contribution < -0.4 is 10.1 Å². The number of ether oxygens (including phenoxy) is 1. The third-order valence-electron chi connectivity index (χ3n) is 2.35. The molecule has 1 aliphatic heterocycles. The fourth-order valence-corrected chi connectivity index (χ4v) is 2.99. The monoisotopic (exact) mass is 211 g/mol. The van der Waals surface area contributed by atoms with Gasteiger partial charge in [0.25, 0.3) is 0 Å². The van der Waals surface area contributed by atoms with E-state index in [0.29, 0.717) is 5.75 Å². The number of aryl methyl sites for hydroxylation is 1. The molecule has 76 valence electrons. The highest BCUT2D eigenvalue weighted by molar-refractivity contribution is 7.85. The van der Waals surface area contributed by atoms with Crippen LogP contribution in [0, 0.1) is 6.92 Å². The van der Waals surface area contributed by atoms with E-state index < -0.39 is 10.8 Å². The molecule has 1 heterocycles. The molecule has 0 bridgehead atoms. The number of anilines is 1. The Morgan fingerprint density at radius 2 is 2.29 bits per heavy atom. The molecule has 0 spiro atoms. The van der Waals surface area contributed by atoms with Crippen LogP contribution in [-0.2, 0) is 10.8 Å². The Morgan fingerprint density at radius 1 is 1.50 bits per heavy atom. The summed E-state index contributed by atoms with van der Waals surface area (Å²) < 4.78 is 17.0. The van der Waals surface area contributed by atoms with Crippen LogP contribution in [0.3, 0.4) is 0 Å². The third kappa shape index (κ3) is 1.39. The summed E-state index contributed by atoms with van der Waals surface area (Å²) >= 11 is 0. The zero-order chi connectivity index (χ0) is 10.1. The molecule has 0 fully saturated rings. The SMILES string of the molecule is COc1ccc(C)c2c1NCCS2=O. The molecular formula is C10H13NO2S. The van der Waals surface area contributed by atoms with Crippen molar-refractivity contribution in [1.29, 1.82) is 0 Å².